The van der Waals surface area contributed by atoms with E-state index in [-0.39, 0.29) is 129 Å². The summed E-state index contributed by atoms with van der Waals surface area (Å²) >= 11 is 5.31. The molecule has 18 N–H and O–H groups in total. The van der Waals surface area contributed by atoms with E-state index in [1.165, 1.54) is 75.2 Å². The average Bonchev–Trinajstić information content (AvgIpc) is 0.710. The second kappa shape index (κ2) is 28.8. The number of halogens is 4. The van der Waals surface area contributed by atoms with Crippen molar-refractivity contribution in [2.24, 2.45) is 52.7 Å². The van der Waals surface area contributed by atoms with Gasteiger partial charge in [-0.15, -0.1) is 0 Å². The van der Waals surface area contributed by atoms with Gasteiger partial charge in [-0.05, 0) is 166 Å². The number of aromatic hydroxyl groups is 3. The highest BCUT2D eigenvalue weighted by molar-refractivity contribution is 14.1. The van der Waals surface area contributed by atoms with Gasteiger partial charge in [0.25, 0.3) is 17.7 Å². The fourth-order valence-electron chi connectivity index (χ4n) is 16.0. The Bertz CT molecular complexity index is 4530. The molecule has 3 aromatic rings. The van der Waals surface area contributed by atoms with Crippen LogP contribution in [0.25, 0.3) is 32.2 Å². The topological polar surface area (TPSA) is 649 Å². The van der Waals surface area contributed by atoms with Crippen molar-refractivity contribution in [3.8, 4) is 17.2 Å². The summed E-state index contributed by atoms with van der Waals surface area (Å²) < 4.78 is 34.8. The van der Waals surface area contributed by atoms with Crippen molar-refractivity contribution in [1.29, 1.82) is 16.2 Å². The molecule has 0 aliphatic heterocycles. The van der Waals surface area contributed by atoms with Crippen molar-refractivity contribution in [2.45, 2.75) is 73.5 Å². The van der Waals surface area contributed by atoms with Crippen LogP contribution in [0.2, 0.25) is 0 Å². The molecule has 3 amide bonds. The number of carbonyl (C=O) groups excluding carboxylic acids is 9. The first-order valence-electron chi connectivity index (χ1n) is 30.4. The fraction of sp³-hybridized carbons (Fsp3) is 0.381. The molecule has 105 heavy (non-hydrogen) atoms. The highest BCUT2D eigenvalue weighted by Gasteiger charge is 2.68. The van der Waals surface area contributed by atoms with Gasteiger partial charge in [0.1, 0.15) is 68.5 Å². The van der Waals surface area contributed by atoms with Crippen LogP contribution in [0.3, 0.4) is 0 Å². The second-order valence-corrected chi connectivity index (χ2v) is 30.6. The number of diazo groups is 3. The highest BCUT2D eigenvalue weighted by atomic mass is 127. The van der Waals surface area contributed by atoms with Gasteiger partial charge in [0.2, 0.25) is 33.5 Å². The summed E-state index contributed by atoms with van der Waals surface area (Å²) in [7, 11) is 3.98. The minimum atomic E-state index is -5.17. The number of rotatable bonds is 6. The molecule has 12 rings (SSSR count). The van der Waals surface area contributed by atoms with Crippen LogP contribution in [0.4, 0.5) is 17.1 Å². The number of nitrogens with two attached hydrogens (primary N) is 3. The quantitative estimate of drug-likeness (QED) is 0.0454. The number of Topliss-reactive ketones (excluding diaryl/α,β-unsaturated/α-hetero) is 6. The summed E-state index contributed by atoms with van der Waals surface area (Å²) in [6.45, 7) is 0. The molecular formula is C63H60ClI3N12O25S. The first-order valence-corrected chi connectivity index (χ1v) is 35.0. The van der Waals surface area contributed by atoms with E-state index in [0.717, 1.165) is 0 Å². The SMILES string of the molecule is CN(C)C1C(=O)C(C(N)=O)=C(O)C2(O)C(=O)C3=C(O)c4c(O)c(I)cc([N+]#N)c4CC3CC12.CN(C)C1C(=O)C(C(N)=O)=C(O)C2(O)C(=O)C3=C(O)c4c(O)c(I)cc([N+]#N)c4CC3CC12.CN(C)C1C(=O)C(C(N)=O)=C(O)C2(O)C(=O)C3=C(O)c4c(O)c(I)cc([N+]#N)c4CC3CC12.O=S(=O)([O-])[O-].[Cl-]. The molecule has 0 saturated heterocycles. The number of aliphatic hydroxyl groups excluding tert-OH is 6. The molecule has 3 saturated carbocycles. The number of hydrogen-bond acceptors (Lipinski definition) is 31. The summed E-state index contributed by atoms with van der Waals surface area (Å²) in [4.78, 5) is 130. The molecule has 3 aromatic carbocycles. The highest BCUT2D eigenvalue weighted by Crippen LogP contribution is 2.58. The fourth-order valence-corrected chi connectivity index (χ4v) is 17.7. The van der Waals surface area contributed by atoms with Crippen molar-refractivity contribution in [1.82, 2.24) is 14.7 Å². The third-order valence-corrected chi connectivity index (χ3v) is 22.7. The molecule has 0 spiro atoms. The standard InChI is InChI=1S/3C21H19IN4O7.ClH.H2O4S/c3*1-26(2)14-8-4-6-3-7-10(25-24)5-9(22)15(27)12(7)16(28)11(6)18(30)21(8,33)19(31)13(17(14)29)20(23)32;;1-5(2,3)4/h3*5-6,8,14,33H,3-4H2,1-2H3,(H4-,23,27,28,29,30,31,32);1H;(H2,1,2,3,4). The Morgan fingerprint density at radius 1 is 0.467 bits per heavy atom. The number of amides is 3. The van der Waals surface area contributed by atoms with Gasteiger partial charge in [0, 0.05) is 44.9 Å². The summed E-state index contributed by atoms with van der Waals surface area (Å²) in [5, 5.41) is 160. The molecule has 42 heteroatoms. The maximum atomic E-state index is 13.6. The molecule has 0 heterocycles. The van der Waals surface area contributed by atoms with Crippen LogP contribution in [0.5, 0.6) is 17.2 Å². The van der Waals surface area contributed by atoms with Gasteiger partial charge in [-0.25, -0.2) is 0 Å². The van der Waals surface area contributed by atoms with E-state index in [0.29, 0.717) is 16.7 Å². The summed E-state index contributed by atoms with van der Waals surface area (Å²) in [6.07, 6.45) is 0.0470. The van der Waals surface area contributed by atoms with E-state index >= 15 is 0 Å². The van der Waals surface area contributed by atoms with Crippen LogP contribution in [-0.4, -0.2) is 223 Å². The molecule has 556 valence electrons. The van der Waals surface area contributed by atoms with Crippen LogP contribution in [0, 0.1) is 62.4 Å². The van der Waals surface area contributed by atoms with Crippen LogP contribution >= 0.6 is 67.8 Å². The normalized spacial score (nSPS) is 27.8. The lowest BCUT2D eigenvalue weighted by molar-refractivity contribution is -0.155. The lowest BCUT2D eigenvalue weighted by Crippen LogP contribution is -3.00. The second-order valence-electron chi connectivity index (χ2n) is 26.3. The third kappa shape index (κ3) is 12.7. The summed E-state index contributed by atoms with van der Waals surface area (Å²) in [5.41, 5.74) is 5.19. The van der Waals surface area contributed by atoms with Gasteiger partial charge in [0.05, 0.1) is 80.4 Å². The zero-order chi connectivity index (χ0) is 78.2. The van der Waals surface area contributed by atoms with E-state index in [4.69, 9.17) is 34.7 Å². The number of nitrogens with zero attached hydrogens (tertiary/aromatic N) is 9. The number of ketones is 6. The van der Waals surface area contributed by atoms with Crippen LogP contribution in [0.15, 0.2) is 68.9 Å². The monoisotopic (exact) mass is 1830 g/mol. The molecule has 37 nitrogen and oxygen atoms in total. The number of benzene rings is 3. The molecular weight excluding hydrogens is 1770 g/mol. The Morgan fingerprint density at radius 2 is 0.667 bits per heavy atom. The van der Waals surface area contributed by atoms with Crippen LogP contribution in [-0.2, 0) is 72.8 Å². The zero-order valence-electron chi connectivity index (χ0n) is 55.0. The Hall–Kier alpha value is -8.90. The van der Waals surface area contributed by atoms with E-state index < -0.39 is 185 Å². The first-order chi connectivity index (χ1) is 48.1. The van der Waals surface area contributed by atoms with Crippen molar-refractivity contribution >= 4 is 165 Å². The van der Waals surface area contributed by atoms with Gasteiger partial charge in [0.15, 0.2) is 49.1 Å². The van der Waals surface area contributed by atoms with Crippen LogP contribution in [0.1, 0.15) is 52.6 Å². The maximum Gasteiger partial charge on any atom is 0.390 e. The number of phenolic OH excluding ortho intramolecular Hbond substituents is 3. The van der Waals surface area contributed by atoms with Gasteiger partial charge in [-0.2, -0.15) is 0 Å². The molecule has 0 radical (unpaired) electrons. The number of hydrogen-bond donors (Lipinski definition) is 15. The van der Waals surface area contributed by atoms with Gasteiger partial charge in [-0.1, -0.05) is 0 Å². The molecule has 9 aliphatic rings. The van der Waals surface area contributed by atoms with Gasteiger partial charge < -0.3 is 100.0 Å². The number of phenols is 3. The number of carbonyl (C=O) groups is 9. The van der Waals surface area contributed by atoms with Crippen molar-refractivity contribution in [3.63, 3.8) is 0 Å². The molecule has 9 aliphatic carbocycles. The van der Waals surface area contributed by atoms with E-state index in [1.807, 2.05) is 0 Å². The smallest absolute Gasteiger partial charge is 0.390 e. The minimum absolute atomic E-state index is 0. The van der Waals surface area contributed by atoms with Crippen LogP contribution < -0.4 is 29.6 Å². The maximum absolute atomic E-state index is 13.6. The van der Waals surface area contributed by atoms with Crippen molar-refractivity contribution < 1.29 is 134 Å². The Labute approximate surface area is 639 Å². The third-order valence-electron chi connectivity index (χ3n) is 20.3. The Balaban J connectivity index is 0.000000192. The number of primary amides is 3. The van der Waals surface area contributed by atoms with Crippen molar-refractivity contribution in [2.75, 3.05) is 42.3 Å². The lowest BCUT2D eigenvalue weighted by atomic mass is 9.57. The first kappa shape index (κ1) is 81.8. The molecule has 0 aromatic heterocycles. The zero-order valence-corrected chi connectivity index (χ0v) is 63.1. The number of fused-ring (bicyclic) bond motifs is 9. The average molecular weight is 1830 g/mol. The number of likely N-dealkylation sites (N-methyl/N-ethyl adjacent to an activating group) is 3. The summed E-state index contributed by atoms with van der Waals surface area (Å²) in [6, 6.07) is 0.760. The van der Waals surface area contributed by atoms with E-state index in [2.05, 4.69) is 14.9 Å². The predicted molar refractivity (Wildman–Crippen MR) is 376 cm³/mol. The van der Waals surface area contributed by atoms with Gasteiger partial charge >= 0.3 is 17.1 Å². The minimum Gasteiger partial charge on any atom is -1.00 e. The molecule has 12 atom stereocenters. The molecule has 0 bridgehead atoms. The Kier molecular flexibility index (Phi) is 22.4. The van der Waals surface area contributed by atoms with E-state index in [9.17, 15) is 121 Å². The van der Waals surface area contributed by atoms with E-state index in [1.54, 1.807) is 67.8 Å². The van der Waals surface area contributed by atoms with Gasteiger partial charge in [-0.3, -0.25) is 66.3 Å². The Morgan fingerprint density at radius 3 is 0.838 bits per heavy atom. The predicted octanol–water partition coefficient (Wildman–Crippen LogP) is -1.17. The molecule has 12 unspecified atom stereocenters. The largest absolute Gasteiger partial charge is 1.00 e. The van der Waals surface area contributed by atoms with Crippen molar-refractivity contribution in [3.05, 3.63) is 128 Å². The molecule has 3 fully saturated rings. The summed E-state index contributed by atoms with van der Waals surface area (Å²) in [5.74, 6) is -21.6. The lowest BCUT2D eigenvalue weighted by Gasteiger charge is -2.50. The number of aliphatic hydroxyl groups is 9.